The Morgan fingerprint density at radius 2 is 1.71 bits per heavy atom. The van der Waals surface area contributed by atoms with E-state index in [4.69, 9.17) is 0 Å². The second-order valence-electron chi connectivity index (χ2n) is 4.75. The fourth-order valence-electron chi connectivity index (χ4n) is 2.73. The van der Waals surface area contributed by atoms with Crippen LogP contribution in [0.15, 0.2) is 30.3 Å². The molecule has 1 saturated carbocycles. The van der Waals surface area contributed by atoms with Gasteiger partial charge >= 0.3 is 5.97 Å². The summed E-state index contributed by atoms with van der Waals surface area (Å²) in [6.07, 6.45) is 4.58. The van der Waals surface area contributed by atoms with Crippen LogP contribution >= 0.6 is 0 Å². The van der Waals surface area contributed by atoms with Gasteiger partial charge in [0, 0.05) is 5.92 Å². The second-order valence-corrected chi connectivity index (χ2v) is 4.75. The number of carbonyl (C=O) groups excluding carboxylic acids is 1. The molecule has 1 atom stereocenters. The Labute approximate surface area is 101 Å². The summed E-state index contributed by atoms with van der Waals surface area (Å²) < 4.78 is 0. The summed E-state index contributed by atoms with van der Waals surface area (Å²) in [5, 5.41) is 21.9. The van der Waals surface area contributed by atoms with Crippen LogP contribution in [0.4, 0.5) is 0 Å². The average Bonchev–Trinajstić information content (AvgIpc) is 2.39. The van der Waals surface area contributed by atoms with Crippen LogP contribution in [0.3, 0.4) is 0 Å². The number of benzene rings is 1. The molecule has 1 fully saturated rings. The highest BCUT2D eigenvalue weighted by molar-refractivity contribution is 5.79. The zero-order chi connectivity index (χ0) is 12.3. The van der Waals surface area contributed by atoms with Crippen LogP contribution in [0, 0.1) is 5.92 Å². The molecule has 3 heteroatoms. The number of hydrogen-bond donors (Lipinski definition) is 1. The fourth-order valence-corrected chi connectivity index (χ4v) is 2.73. The summed E-state index contributed by atoms with van der Waals surface area (Å²) in [5.74, 6) is -1.61. The van der Waals surface area contributed by atoms with Crippen LogP contribution in [-0.2, 0) is 15.5 Å². The van der Waals surface area contributed by atoms with E-state index >= 15 is 0 Å². The highest BCUT2D eigenvalue weighted by Gasteiger charge is 2.46. The van der Waals surface area contributed by atoms with E-state index in [9.17, 15) is 15.0 Å². The van der Waals surface area contributed by atoms with Crippen molar-refractivity contribution in [3.05, 3.63) is 35.9 Å². The lowest BCUT2D eigenvalue weighted by molar-refractivity contribution is -0.175. The van der Waals surface area contributed by atoms with Gasteiger partial charge in [0.1, 0.15) is 0 Å². The van der Waals surface area contributed by atoms with E-state index in [2.05, 4.69) is 0 Å². The van der Waals surface area contributed by atoms with Crippen molar-refractivity contribution in [1.29, 1.82) is 0 Å². The van der Waals surface area contributed by atoms with Crippen molar-refractivity contribution < 1.29 is 15.0 Å². The van der Waals surface area contributed by atoms with E-state index in [-0.39, 0.29) is 5.92 Å². The summed E-state index contributed by atoms with van der Waals surface area (Å²) in [7, 11) is 0. The Bertz CT molecular complexity index is 382. The Balaban J connectivity index is 2.35. The molecule has 0 bridgehead atoms. The maximum absolute atomic E-state index is 11.4. The maximum atomic E-state index is 11.4. The van der Waals surface area contributed by atoms with Crippen LogP contribution in [-0.4, -0.2) is 11.1 Å². The molecule has 0 heterocycles. The third-order valence-corrected chi connectivity index (χ3v) is 3.72. The van der Waals surface area contributed by atoms with Gasteiger partial charge in [-0.1, -0.05) is 49.6 Å². The predicted molar refractivity (Wildman–Crippen MR) is 62.6 cm³/mol. The maximum Gasteiger partial charge on any atom is 0.391 e. The Kier molecular flexibility index (Phi) is 3.48. The van der Waals surface area contributed by atoms with Gasteiger partial charge in [-0.25, -0.2) is 9.90 Å². The molecular formula is C14H17O3. The van der Waals surface area contributed by atoms with Crippen LogP contribution in [0.1, 0.15) is 37.7 Å². The van der Waals surface area contributed by atoms with E-state index in [1.165, 1.54) is 0 Å². The van der Waals surface area contributed by atoms with Gasteiger partial charge in [-0.15, -0.1) is 0 Å². The monoisotopic (exact) mass is 233 g/mol. The first-order valence-corrected chi connectivity index (χ1v) is 6.15. The van der Waals surface area contributed by atoms with Gasteiger partial charge < -0.3 is 5.11 Å². The molecule has 1 aliphatic carbocycles. The van der Waals surface area contributed by atoms with E-state index in [1.54, 1.807) is 30.3 Å². The quantitative estimate of drug-likeness (QED) is 0.871. The van der Waals surface area contributed by atoms with E-state index in [0.717, 1.165) is 32.1 Å². The van der Waals surface area contributed by atoms with Gasteiger partial charge in [0.15, 0.2) is 5.60 Å². The van der Waals surface area contributed by atoms with E-state index in [1.807, 2.05) is 0 Å². The molecule has 17 heavy (non-hydrogen) atoms. The minimum atomic E-state index is -1.83. The van der Waals surface area contributed by atoms with Crippen molar-refractivity contribution in [1.82, 2.24) is 0 Å². The molecular weight excluding hydrogens is 216 g/mol. The summed E-state index contributed by atoms with van der Waals surface area (Å²) in [5.41, 5.74) is -1.39. The number of rotatable bonds is 3. The number of carbonyl (C=O) groups is 1. The first kappa shape index (κ1) is 12.1. The highest BCUT2D eigenvalue weighted by Crippen LogP contribution is 2.39. The van der Waals surface area contributed by atoms with Crippen molar-refractivity contribution >= 4 is 5.97 Å². The zero-order valence-corrected chi connectivity index (χ0v) is 9.76. The molecule has 1 aromatic rings. The first-order valence-electron chi connectivity index (χ1n) is 6.15. The Morgan fingerprint density at radius 3 is 2.24 bits per heavy atom. The van der Waals surface area contributed by atoms with Crippen molar-refractivity contribution in [2.75, 3.05) is 0 Å². The summed E-state index contributed by atoms with van der Waals surface area (Å²) in [6.45, 7) is 0. The highest BCUT2D eigenvalue weighted by atomic mass is 16.4. The Morgan fingerprint density at radius 1 is 1.12 bits per heavy atom. The van der Waals surface area contributed by atoms with E-state index in [0.29, 0.717) is 5.56 Å². The molecule has 0 amide bonds. The predicted octanol–water partition coefficient (Wildman–Crippen LogP) is 2.41. The first-order chi connectivity index (χ1) is 8.15. The molecule has 0 saturated heterocycles. The summed E-state index contributed by atoms with van der Waals surface area (Å²) in [4.78, 5) is 11.4. The minimum Gasteiger partial charge on any atom is -0.374 e. The van der Waals surface area contributed by atoms with Crippen molar-refractivity contribution in [3.8, 4) is 0 Å². The van der Waals surface area contributed by atoms with Gasteiger partial charge in [-0.3, -0.25) is 0 Å². The standard InChI is InChI=1S/C14H17O3/c15-13(16)14(17,11-7-3-1-4-8-11)12-9-5-2-6-10-12/h1,3-4,7-8,12,17H,2,5-6,9-10H2. The molecule has 1 aromatic carbocycles. The fraction of sp³-hybridized carbons (Fsp3) is 0.500. The lowest BCUT2D eigenvalue weighted by Crippen LogP contribution is -2.43. The van der Waals surface area contributed by atoms with Gasteiger partial charge in [0.25, 0.3) is 0 Å². The molecule has 0 aliphatic heterocycles. The molecule has 3 nitrogen and oxygen atoms in total. The SMILES string of the molecule is [O]C(=O)C(O)(c1ccccc1)C1CCCCC1. The van der Waals surface area contributed by atoms with Gasteiger partial charge in [-0.05, 0) is 18.4 Å². The van der Waals surface area contributed by atoms with Crippen molar-refractivity contribution in [2.24, 2.45) is 5.92 Å². The van der Waals surface area contributed by atoms with Crippen LogP contribution in [0.2, 0.25) is 0 Å². The van der Waals surface area contributed by atoms with Crippen LogP contribution in [0.5, 0.6) is 0 Å². The van der Waals surface area contributed by atoms with Crippen molar-refractivity contribution in [2.45, 2.75) is 37.7 Å². The zero-order valence-electron chi connectivity index (χ0n) is 9.76. The molecule has 1 aliphatic rings. The Hall–Kier alpha value is -1.35. The molecule has 1 N–H and O–H groups in total. The topological polar surface area (TPSA) is 57.2 Å². The molecule has 2 rings (SSSR count). The third kappa shape index (κ3) is 2.20. The summed E-state index contributed by atoms with van der Waals surface area (Å²) in [6, 6.07) is 8.60. The molecule has 0 spiro atoms. The molecule has 1 unspecified atom stereocenters. The smallest absolute Gasteiger partial charge is 0.374 e. The number of aliphatic hydroxyl groups is 1. The minimum absolute atomic E-state index is 0.233. The van der Waals surface area contributed by atoms with Crippen LogP contribution < -0.4 is 0 Å². The van der Waals surface area contributed by atoms with Gasteiger partial charge in [0.05, 0.1) is 0 Å². The van der Waals surface area contributed by atoms with Gasteiger partial charge in [-0.2, -0.15) is 0 Å². The van der Waals surface area contributed by atoms with E-state index < -0.39 is 11.6 Å². The summed E-state index contributed by atoms with van der Waals surface area (Å²) >= 11 is 0. The third-order valence-electron chi connectivity index (χ3n) is 3.72. The van der Waals surface area contributed by atoms with Crippen molar-refractivity contribution in [3.63, 3.8) is 0 Å². The average molecular weight is 233 g/mol. The number of hydrogen-bond acceptors (Lipinski definition) is 2. The van der Waals surface area contributed by atoms with Crippen LogP contribution in [0.25, 0.3) is 0 Å². The molecule has 91 valence electrons. The normalized spacial score (nSPS) is 20.8. The second kappa shape index (κ2) is 4.88. The lowest BCUT2D eigenvalue weighted by Gasteiger charge is -2.34. The van der Waals surface area contributed by atoms with Gasteiger partial charge in [0.2, 0.25) is 0 Å². The largest absolute Gasteiger partial charge is 0.391 e. The molecule has 0 aromatic heterocycles. The molecule has 1 radical (unpaired) electrons. The lowest BCUT2D eigenvalue weighted by atomic mass is 9.73.